The van der Waals surface area contributed by atoms with Gasteiger partial charge in [0.1, 0.15) is 5.82 Å². The summed E-state index contributed by atoms with van der Waals surface area (Å²) in [5, 5.41) is 4.72. The van der Waals surface area contributed by atoms with E-state index in [0.29, 0.717) is 13.1 Å². The molecule has 0 atom stereocenters. The Morgan fingerprint density at radius 3 is 2.16 bits per heavy atom. The lowest BCUT2D eigenvalue weighted by atomic mass is 9.78. The topological polar surface area (TPSA) is 58.3 Å². The first-order valence-corrected chi connectivity index (χ1v) is 13.5. The van der Waals surface area contributed by atoms with E-state index in [2.05, 4.69) is 97.0 Å². The van der Waals surface area contributed by atoms with E-state index in [1.54, 1.807) is 9.25 Å². The van der Waals surface area contributed by atoms with Crippen molar-refractivity contribution in [2.24, 2.45) is 0 Å². The van der Waals surface area contributed by atoms with Gasteiger partial charge in [0.25, 0.3) is 0 Å². The van der Waals surface area contributed by atoms with Gasteiger partial charge < -0.3 is 9.31 Å². The summed E-state index contributed by atoms with van der Waals surface area (Å²) in [7, 11) is -0.358. The Kier molecular flexibility index (Phi) is 7.60. The van der Waals surface area contributed by atoms with Crippen molar-refractivity contribution < 1.29 is 9.31 Å². The molecule has 198 valence electrons. The molecule has 0 N–H and O–H groups in total. The third-order valence-corrected chi connectivity index (χ3v) is 7.81. The minimum absolute atomic E-state index is 0.0415. The molecule has 2 aromatic carbocycles. The third kappa shape index (κ3) is 5.94. The molecule has 0 aliphatic carbocycles. The van der Waals surface area contributed by atoms with Gasteiger partial charge in [0, 0.05) is 13.0 Å². The van der Waals surface area contributed by atoms with Crippen molar-refractivity contribution in [2.75, 3.05) is 0 Å². The van der Waals surface area contributed by atoms with E-state index in [4.69, 9.17) is 14.4 Å². The lowest BCUT2D eigenvalue weighted by molar-refractivity contribution is 0.00578. The van der Waals surface area contributed by atoms with E-state index in [1.807, 2.05) is 6.92 Å². The molecule has 0 amide bonds. The molecule has 7 heteroatoms. The molecule has 0 radical (unpaired) electrons. The van der Waals surface area contributed by atoms with Crippen LogP contribution in [0.15, 0.2) is 53.3 Å². The van der Waals surface area contributed by atoms with E-state index >= 15 is 0 Å². The zero-order valence-electron chi connectivity index (χ0n) is 23.8. The Bertz CT molecular complexity index is 1270. The molecule has 1 aliphatic heterocycles. The SMILES string of the molecule is CCn1c(CCCc2cccc(B3OC(C)(C)C(C)(C)O3)c2)nn(Cc2ccc(C(C)(C)C)cc2)c1=O. The highest BCUT2D eigenvalue weighted by Gasteiger charge is 2.51. The summed E-state index contributed by atoms with van der Waals surface area (Å²) in [6.45, 7) is 18.0. The van der Waals surface area contributed by atoms with Crippen LogP contribution in [0.3, 0.4) is 0 Å². The molecule has 1 saturated heterocycles. The van der Waals surface area contributed by atoms with Crippen molar-refractivity contribution in [3.63, 3.8) is 0 Å². The molecule has 1 aromatic heterocycles. The summed E-state index contributed by atoms with van der Waals surface area (Å²) >= 11 is 0. The number of nitrogens with zero attached hydrogens (tertiary/aromatic N) is 3. The number of hydrogen-bond donors (Lipinski definition) is 0. The Morgan fingerprint density at radius 1 is 0.919 bits per heavy atom. The third-order valence-electron chi connectivity index (χ3n) is 7.81. The van der Waals surface area contributed by atoms with Crippen LogP contribution in [0.5, 0.6) is 0 Å². The maximum absolute atomic E-state index is 13.0. The fourth-order valence-electron chi connectivity index (χ4n) is 4.70. The van der Waals surface area contributed by atoms with Gasteiger partial charge in [0.2, 0.25) is 0 Å². The monoisotopic (exact) mass is 503 g/mol. The minimum atomic E-state index is -0.358. The molecule has 3 aromatic rings. The lowest BCUT2D eigenvalue weighted by Crippen LogP contribution is -2.41. The molecule has 0 saturated carbocycles. The predicted octanol–water partition coefficient (Wildman–Crippen LogP) is 4.89. The van der Waals surface area contributed by atoms with E-state index in [1.165, 1.54) is 11.1 Å². The normalized spacial score (nSPS) is 16.9. The first-order valence-electron chi connectivity index (χ1n) is 13.5. The fraction of sp³-hybridized carbons (Fsp3) is 0.533. The summed E-state index contributed by atoms with van der Waals surface area (Å²) in [6, 6.07) is 16.9. The first kappa shape index (κ1) is 27.4. The maximum atomic E-state index is 13.0. The Balaban J connectivity index is 1.41. The van der Waals surface area contributed by atoms with Crippen LogP contribution in [0, 0.1) is 0 Å². The van der Waals surface area contributed by atoms with Gasteiger partial charge in [-0.05, 0) is 75.0 Å². The van der Waals surface area contributed by atoms with E-state index in [-0.39, 0.29) is 29.4 Å². The molecule has 0 bridgehead atoms. The van der Waals surface area contributed by atoms with Gasteiger partial charge in [0.05, 0.1) is 17.7 Å². The van der Waals surface area contributed by atoms with Gasteiger partial charge in [0.15, 0.2) is 0 Å². The molecule has 0 unspecified atom stereocenters. The van der Waals surface area contributed by atoms with Crippen LogP contribution in [0.2, 0.25) is 0 Å². The largest absolute Gasteiger partial charge is 0.494 e. The minimum Gasteiger partial charge on any atom is -0.399 e. The molecular weight excluding hydrogens is 461 g/mol. The number of rotatable bonds is 8. The molecule has 0 spiro atoms. The average molecular weight is 503 g/mol. The molecule has 2 heterocycles. The van der Waals surface area contributed by atoms with Gasteiger partial charge in [-0.1, -0.05) is 69.3 Å². The van der Waals surface area contributed by atoms with Gasteiger partial charge in [-0.3, -0.25) is 4.57 Å². The van der Waals surface area contributed by atoms with E-state index in [0.717, 1.165) is 36.1 Å². The Hall–Kier alpha value is -2.64. The summed E-state index contributed by atoms with van der Waals surface area (Å²) in [5.41, 5.74) is 4.00. The van der Waals surface area contributed by atoms with Gasteiger partial charge in [-0.2, -0.15) is 5.10 Å². The molecule has 6 nitrogen and oxygen atoms in total. The lowest BCUT2D eigenvalue weighted by Gasteiger charge is -2.32. The number of aromatic nitrogens is 3. The Morgan fingerprint density at radius 2 is 1.57 bits per heavy atom. The zero-order valence-corrected chi connectivity index (χ0v) is 23.8. The average Bonchev–Trinajstić information content (AvgIpc) is 3.24. The fourth-order valence-corrected chi connectivity index (χ4v) is 4.70. The van der Waals surface area contributed by atoms with Crippen LogP contribution in [0.4, 0.5) is 0 Å². The van der Waals surface area contributed by atoms with Crippen molar-refractivity contribution in [1.82, 2.24) is 14.3 Å². The number of hydrogen-bond acceptors (Lipinski definition) is 4. The maximum Gasteiger partial charge on any atom is 0.494 e. The van der Waals surface area contributed by atoms with Crippen LogP contribution in [-0.2, 0) is 40.7 Å². The van der Waals surface area contributed by atoms with Crippen molar-refractivity contribution >= 4 is 12.6 Å². The van der Waals surface area contributed by atoms with E-state index in [9.17, 15) is 4.79 Å². The highest BCUT2D eigenvalue weighted by molar-refractivity contribution is 6.62. The smallest absolute Gasteiger partial charge is 0.399 e. The first-order chi connectivity index (χ1) is 17.3. The molecule has 1 fully saturated rings. The van der Waals surface area contributed by atoms with Crippen LogP contribution in [-0.4, -0.2) is 32.7 Å². The second-order valence-electron chi connectivity index (χ2n) is 12.2. The van der Waals surface area contributed by atoms with Crippen molar-refractivity contribution in [1.29, 1.82) is 0 Å². The van der Waals surface area contributed by atoms with Crippen molar-refractivity contribution in [3.8, 4) is 0 Å². The van der Waals surface area contributed by atoms with Crippen molar-refractivity contribution in [2.45, 2.75) is 104 Å². The second-order valence-corrected chi connectivity index (χ2v) is 12.2. The number of aryl methyl sites for hydroxylation is 2. The summed E-state index contributed by atoms with van der Waals surface area (Å²) < 4.78 is 15.8. The van der Waals surface area contributed by atoms with Gasteiger partial charge in [-0.15, -0.1) is 0 Å². The molecule has 37 heavy (non-hydrogen) atoms. The predicted molar refractivity (Wildman–Crippen MR) is 151 cm³/mol. The van der Waals surface area contributed by atoms with Gasteiger partial charge in [-0.25, -0.2) is 9.48 Å². The van der Waals surface area contributed by atoms with Crippen LogP contribution in [0.1, 0.15) is 84.3 Å². The van der Waals surface area contributed by atoms with Crippen molar-refractivity contribution in [3.05, 3.63) is 81.5 Å². The van der Waals surface area contributed by atoms with Crippen LogP contribution in [0.25, 0.3) is 0 Å². The highest BCUT2D eigenvalue weighted by atomic mass is 16.7. The summed E-state index contributed by atoms with van der Waals surface area (Å²) in [4.78, 5) is 13.0. The number of benzene rings is 2. The quantitative estimate of drug-likeness (QED) is 0.411. The summed E-state index contributed by atoms with van der Waals surface area (Å²) in [6.07, 6.45) is 2.55. The molecule has 4 rings (SSSR count). The second kappa shape index (κ2) is 10.3. The zero-order chi connectivity index (χ0) is 27.0. The highest BCUT2D eigenvalue weighted by Crippen LogP contribution is 2.36. The van der Waals surface area contributed by atoms with Gasteiger partial charge >= 0.3 is 12.8 Å². The van der Waals surface area contributed by atoms with Crippen LogP contribution >= 0.6 is 0 Å². The van der Waals surface area contributed by atoms with Crippen LogP contribution < -0.4 is 11.2 Å². The Labute approximate surface area is 222 Å². The standard InChI is InChI=1S/C30H42BN3O3/c1-9-33-26(32-34(27(33)35)21-23-16-18-24(19-17-23)28(2,3)4)15-11-13-22-12-10-14-25(20-22)31-36-29(5,6)30(7,8)37-31/h10,12,14,16-20H,9,11,13,15,21H2,1-8H3. The molecular formula is C30H42BN3O3. The molecule has 1 aliphatic rings. The van der Waals surface area contributed by atoms with E-state index < -0.39 is 0 Å². The summed E-state index contributed by atoms with van der Waals surface area (Å²) in [5.74, 6) is 0.848.